The monoisotopic (exact) mass is 353 g/mol. The van der Waals surface area contributed by atoms with Crippen LogP contribution >= 0.6 is 0 Å². The molecule has 2 amide bonds. The van der Waals surface area contributed by atoms with E-state index >= 15 is 0 Å². The van der Waals surface area contributed by atoms with Crippen molar-refractivity contribution in [1.29, 1.82) is 0 Å². The Bertz CT molecular complexity index is 744. The summed E-state index contributed by atoms with van der Waals surface area (Å²) in [6.07, 6.45) is 3.55. The predicted octanol–water partition coefficient (Wildman–Crippen LogP) is 4.56. The smallest absolute Gasteiger partial charge is 0.243 e. The fourth-order valence-electron chi connectivity index (χ4n) is 2.58. The molecule has 0 saturated carbocycles. The lowest BCUT2D eigenvalue weighted by atomic mass is 10.2. The minimum atomic E-state index is -0.141. The number of rotatable bonds is 9. The maximum absolute atomic E-state index is 12.1. The molecule has 0 aliphatic carbocycles. The zero-order valence-electron chi connectivity index (χ0n) is 15.5. The third-order valence-electron chi connectivity index (χ3n) is 3.91. The van der Waals surface area contributed by atoms with Crippen molar-refractivity contribution in [3.05, 3.63) is 54.1 Å². The van der Waals surface area contributed by atoms with Crippen molar-refractivity contribution in [2.75, 3.05) is 22.5 Å². The van der Waals surface area contributed by atoms with Gasteiger partial charge in [-0.25, -0.2) is 0 Å². The number of benzene rings is 2. The molecule has 138 valence electrons. The van der Waals surface area contributed by atoms with E-state index in [-0.39, 0.29) is 18.4 Å². The van der Waals surface area contributed by atoms with Crippen LogP contribution in [0.15, 0.2) is 48.5 Å². The summed E-state index contributed by atoms with van der Waals surface area (Å²) >= 11 is 0. The van der Waals surface area contributed by atoms with Gasteiger partial charge in [0.15, 0.2) is 0 Å². The summed E-state index contributed by atoms with van der Waals surface area (Å²) in [5.74, 6) is -0.138. The Balaban J connectivity index is 1.83. The summed E-state index contributed by atoms with van der Waals surface area (Å²) in [4.78, 5) is 24.0. The molecule has 3 N–H and O–H groups in total. The quantitative estimate of drug-likeness (QED) is 0.579. The first kappa shape index (κ1) is 19.5. The zero-order chi connectivity index (χ0) is 18.8. The normalized spacial score (nSPS) is 10.2. The molecule has 5 nitrogen and oxygen atoms in total. The molecule has 2 rings (SSSR count). The Morgan fingerprint density at radius 1 is 0.846 bits per heavy atom. The van der Waals surface area contributed by atoms with Gasteiger partial charge in [-0.3, -0.25) is 9.59 Å². The Hall–Kier alpha value is -2.82. The standard InChI is InChI=1S/C21H27N3O2/c1-3-4-5-12-20(25)23-18-10-7-11-19(14-18)24-21(26)15-22-17-9-6-8-16(2)13-17/h6-11,13-14,22H,3-5,12,15H2,1-2H3,(H,23,25)(H,24,26). The first-order valence-corrected chi connectivity index (χ1v) is 9.07. The molecule has 0 aliphatic heterocycles. The SMILES string of the molecule is CCCCCC(=O)Nc1cccc(NC(=O)CNc2cccc(C)c2)c1. The van der Waals surface area contributed by atoms with Gasteiger partial charge in [0, 0.05) is 23.5 Å². The van der Waals surface area contributed by atoms with Crippen LogP contribution in [0.1, 0.15) is 38.2 Å². The van der Waals surface area contributed by atoms with Crippen molar-refractivity contribution >= 4 is 28.9 Å². The van der Waals surface area contributed by atoms with Crippen molar-refractivity contribution in [2.24, 2.45) is 0 Å². The Morgan fingerprint density at radius 2 is 1.50 bits per heavy atom. The molecule has 0 radical (unpaired) electrons. The van der Waals surface area contributed by atoms with Crippen molar-refractivity contribution in [3.8, 4) is 0 Å². The zero-order valence-corrected chi connectivity index (χ0v) is 15.5. The molecule has 0 aromatic heterocycles. The average Bonchev–Trinajstić information content (AvgIpc) is 2.60. The van der Waals surface area contributed by atoms with Crippen LogP contribution < -0.4 is 16.0 Å². The van der Waals surface area contributed by atoms with Crippen LogP contribution in [0.25, 0.3) is 0 Å². The lowest BCUT2D eigenvalue weighted by Crippen LogP contribution is -2.21. The van der Waals surface area contributed by atoms with E-state index in [4.69, 9.17) is 0 Å². The molecule has 0 aliphatic rings. The van der Waals surface area contributed by atoms with Gasteiger partial charge in [0.25, 0.3) is 0 Å². The van der Waals surface area contributed by atoms with E-state index in [2.05, 4.69) is 22.9 Å². The van der Waals surface area contributed by atoms with Gasteiger partial charge >= 0.3 is 0 Å². The van der Waals surface area contributed by atoms with Crippen molar-refractivity contribution in [3.63, 3.8) is 0 Å². The minimum Gasteiger partial charge on any atom is -0.376 e. The summed E-state index contributed by atoms with van der Waals surface area (Å²) in [6, 6.07) is 15.1. The van der Waals surface area contributed by atoms with Crippen molar-refractivity contribution < 1.29 is 9.59 Å². The molecule has 0 atom stereocenters. The van der Waals surface area contributed by atoms with Crippen LogP contribution in [0.4, 0.5) is 17.1 Å². The van der Waals surface area contributed by atoms with Gasteiger partial charge in [-0.05, 0) is 49.2 Å². The number of carbonyl (C=O) groups is 2. The predicted molar refractivity (Wildman–Crippen MR) is 108 cm³/mol. The number of carbonyl (C=O) groups excluding carboxylic acids is 2. The maximum Gasteiger partial charge on any atom is 0.243 e. The van der Waals surface area contributed by atoms with E-state index in [9.17, 15) is 9.59 Å². The summed E-state index contributed by atoms with van der Waals surface area (Å²) in [5.41, 5.74) is 3.40. The molecular weight excluding hydrogens is 326 g/mol. The van der Waals surface area contributed by atoms with E-state index in [1.54, 1.807) is 12.1 Å². The first-order chi connectivity index (χ1) is 12.6. The largest absolute Gasteiger partial charge is 0.376 e. The number of hydrogen-bond donors (Lipinski definition) is 3. The van der Waals surface area contributed by atoms with Crippen LogP contribution in [0, 0.1) is 6.92 Å². The minimum absolute atomic E-state index is 0.00282. The number of hydrogen-bond acceptors (Lipinski definition) is 3. The summed E-state index contributed by atoms with van der Waals surface area (Å²) in [5, 5.41) is 8.81. The molecule has 2 aromatic rings. The first-order valence-electron chi connectivity index (χ1n) is 9.07. The maximum atomic E-state index is 12.1. The fraction of sp³-hybridized carbons (Fsp3) is 0.333. The molecule has 0 fully saturated rings. The van der Waals surface area contributed by atoms with Crippen LogP contribution in [0.3, 0.4) is 0 Å². The second-order valence-electron chi connectivity index (χ2n) is 6.36. The van der Waals surface area contributed by atoms with Gasteiger partial charge in [0.05, 0.1) is 6.54 Å². The number of aryl methyl sites for hydroxylation is 1. The molecular formula is C21H27N3O2. The molecule has 5 heteroatoms. The second kappa shape index (κ2) is 10.2. The molecule has 26 heavy (non-hydrogen) atoms. The van der Waals surface area contributed by atoms with E-state index in [0.29, 0.717) is 17.8 Å². The molecule has 0 spiro atoms. The van der Waals surface area contributed by atoms with Gasteiger partial charge in [-0.1, -0.05) is 38.0 Å². The number of unbranched alkanes of at least 4 members (excludes halogenated alkanes) is 2. The van der Waals surface area contributed by atoms with Gasteiger partial charge in [-0.2, -0.15) is 0 Å². The molecule has 0 saturated heterocycles. The highest BCUT2D eigenvalue weighted by Gasteiger charge is 2.05. The van der Waals surface area contributed by atoms with Gasteiger partial charge in [-0.15, -0.1) is 0 Å². The highest BCUT2D eigenvalue weighted by molar-refractivity contribution is 5.95. The van der Waals surface area contributed by atoms with E-state index in [0.717, 1.165) is 30.5 Å². The third-order valence-corrected chi connectivity index (χ3v) is 3.91. The number of anilines is 3. The Morgan fingerprint density at radius 3 is 2.19 bits per heavy atom. The molecule has 0 bridgehead atoms. The van der Waals surface area contributed by atoms with Crippen LogP contribution in [0.5, 0.6) is 0 Å². The van der Waals surface area contributed by atoms with Crippen molar-refractivity contribution in [2.45, 2.75) is 39.5 Å². The number of amides is 2. The van der Waals surface area contributed by atoms with Gasteiger partial charge < -0.3 is 16.0 Å². The van der Waals surface area contributed by atoms with Gasteiger partial charge in [0.2, 0.25) is 11.8 Å². The summed E-state index contributed by atoms with van der Waals surface area (Å²) in [6.45, 7) is 4.29. The fourth-order valence-corrected chi connectivity index (χ4v) is 2.58. The van der Waals surface area contributed by atoms with Crippen molar-refractivity contribution in [1.82, 2.24) is 0 Å². The summed E-state index contributed by atoms with van der Waals surface area (Å²) in [7, 11) is 0. The van der Waals surface area contributed by atoms with Crippen LogP contribution in [-0.2, 0) is 9.59 Å². The van der Waals surface area contributed by atoms with E-state index in [1.807, 2.05) is 43.3 Å². The topological polar surface area (TPSA) is 70.2 Å². The second-order valence-corrected chi connectivity index (χ2v) is 6.36. The Labute approximate surface area is 155 Å². The van der Waals surface area contributed by atoms with E-state index in [1.165, 1.54) is 0 Å². The molecule has 0 heterocycles. The highest BCUT2D eigenvalue weighted by atomic mass is 16.2. The third kappa shape index (κ3) is 6.97. The van der Waals surface area contributed by atoms with Gasteiger partial charge in [0.1, 0.15) is 0 Å². The average molecular weight is 353 g/mol. The highest BCUT2D eigenvalue weighted by Crippen LogP contribution is 2.16. The Kier molecular flexibility index (Phi) is 7.68. The lowest BCUT2D eigenvalue weighted by molar-refractivity contribution is -0.116. The van der Waals surface area contributed by atoms with E-state index < -0.39 is 0 Å². The number of nitrogens with one attached hydrogen (secondary N) is 3. The molecule has 0 unspecified atom stereocenters. The molecule has 2 aromatic carbocycles. The van der Waals surface area contributed by atoms with Crippen LogP contribution in [-0.4, -0.2) is 18.4 Å². The summed E-state index contributed by atoms with van der Waals surface area (Å²) < 4.78 is 0. The van der Waals surface area contributed by atoms with Crippen LogP contribution in [0.2, 0.25) is 0 Å². The lowest BCUT2D eigenvalue weighted by Gasteiger charge is -2.10.